The second-order valence-electron chi connectivity index (χ2n) is 5.25. The Hall–Kier alpha value is -1.60. The predicted molar refractivity (Wildman–Crippen MR) is 83.4 cm³/mol. The number of piperazine rings is 1. The molecule has 7 heteroatoms. The lowest BCUT2D eigenvalue weighted by Crippen LogP contribution is -2.49. The molecule has 1 fully saturated rings. The van der Waals surface area contributed by atoms with E-state index in [0.29, 0.717) is 31.9 Å². The van der Waals surface area contributed by atoms with Crippen molar-refractivity contribution in [2.24, 2.45) is 0 Å². The molecular formula is C15H22N2O4S. The second kappa shape index (κ2) is 6.66. The average molecular weight is 326 g/mol. The van der Waals surface area contributed by atoms with Crippen LogP contribution in [-0.2, 0) is 21.2 Å². The summed E-state index contributed by atoms with van der Waals surface area (Å²) in [5.74, 6) is 0.328. The molecule has 0 aromatic heterocycles. The Morgan fingerprint density at radius 2 is 1.86 bits per heavy atom. The maximum absolute atomic E-state index is 12.9. The van der Waals surface area contributed by atoms with Crippen molar-refractivity contribution in [2.45, 2.75) is 25.2 Å². The third-order valence-electron chi connectivity index (χ3n) is 3.94. The van der Waals surface area contributed by atoms with Crippen LogP contribution < -0.4 is 4.74 Å². The third-order valence-corrected chi connectivity index (χ3v) is 5.86. The zero-order valence-electron chi connectivity index (χ0n) is 13.2. The van der Waals surface area contributed by atoms with E-state index in [1.165, 1.54) is 18.3 Å². The van der Waals surface area contributed by atoms with Crippen molar-refractivity contribution in [1.82, 2.24) is 9.21 Å². The van der Waals surface area contributed by atoms with Gasteiger partial charge in [0.1, 0.15) is 10.6 Å². The van der Waals surface area contributed by atoms with Gasteiger partial charge in [0.25, 0.3) is 0 Å². The Balaban J connectivity index is 2.29. The van der Waals surface area contributed by atoms with Crippen LogP contribution in [0.2, 0.25) is 0 Å². The third kappa shape index (κ3) is 3.25. The number of carbonyl (C=O) groups is 1. The summed E-state index contributed by atoms with van der Waals surface area (Å²) in [6.07, 6.45) is 0.755. The number of carbonyl (C=O) groups excluding carboxylic acids is 1. The van der Waals surface area contributed by atoms with E-state index in [1.54, 1.807) is 17.0 Å². The number of hydrogen-bond acceptors (Lipinski definition) is 4. The van der Waals surface area contributed by atoms with Gasteiger partial charge in [-0.05, 0) is 24.1 Å². The number of hydrogen-bond donors (Lipinski definition) is 0. The minimum absolute atomic E-state index is 0.0254. The van der Waals surface area contributed by atoms with Crippen molar-refractivity contribution in [1.29, 1.82) is 0 Å². The van der Waals surface area contributed by atoms with E-state index in [2.05, 4.69) is 0 Å². The largest absolute Gasteiger partial charge is 0.495 e. The summed E-state index contributed by atoms with van der Waals surface area (Å²) in [5, 5.41) is 0. The number of rotatable bonds is 4. The van der Waals surface area contributed by atoms with Gasteiger partial charge < -0.3 is 9.64 Å². The molecule has 22 heavy (non-hydrogen) atoms. The molecule has 0 bridgehead atoms. The minimum Gasteiger partial charge on any atom is -0.495 e. The van der Waals surface area contributed by atoms with Gasteiger partial charge in [0.2, 0.25) is 15.9 Å². The van der Waals surface area contributed by atoms with Crippen molar-refractivity contribution in [3.8, 4) is 5.75 Å². The molecule has 2 rings (SSSR count). The fourth-order valence-corrected chi connectivity index (χ4v) is 4.15. The van der Waals surface area contributed by atoms with Crippen LogP contribution in [0.15, 0.2) is 23.1 Å². The molecular weight excluding hydrogens is 304 g/mol. The van der Waals surface area contributed by atoms with Crippen molar-refractivity contribution in [2.75, 3.05) is 33.3 Å². The van der Waals surface area contributed by atoms with Crippen LogP contribution in [0.25, 0.3) is 0 Å². The maximum Gasteiger partial charge on any atom is 0.246 e. The molecule has 122 valence electrons. The smallest absolute Gasteiger partial charge is 0.246 e. The quantitative estimate of drug-likeness (QED) is 0.831. The first kappa shape index (κ1) is 16.8. The lowest BCUT2D eigenvalue weighted by Gasteiger charge is -2.33. The van der Waals surface area contributed by atoms with Gasteiger partial charge in [0.05, 0.1) is 7.11 Å². The van der Waals surface area contributed by atoms with Gasteiger partial charge in [-0.25, -0.2) is 8.42 Å². The molecule has 1 aromatic rings. The normalized spacial score (nSPS) is 16.6. The summed E-state index contributed by atoms with van der Waals surface area (Å²) in [5.41, 5.74) is 0.946. The van der Waals surface area contributed by atoms with Crippen LogP contribution in [0.5, 0.6) is 5.75 Å². The van der Waals surface area contributed by atoms with E-state index in [0.717, 1.165) is 12.0 Å². The predicted octanol–water partition coefficient (Wildman–Crippen LogP) is 1.11. The summed E-state index contributed by atoms with van der Waals surface area (Å²) >= 11 is 0. The topological polar surface area (TPSA) is 66.9 Å². The molecule has 1 aliphatic heterocycles. The Bertz CT molecular complexity index is 650. The zero-order valence-corrected chi connectivity index (χ0v) is 14.0. The number of amides is 1. The van der Waals surface area contributed by atoms with E-state index in [-0.39, 0.29) is 10.8 Å². The Kier molecular flexibility index (Phi) is 5.08. The lowest BCUT2D eigenvalue weighted by atomic mass is 10.2. The summed E-state index contributed by atoms with van der Waals surface area (Å²) in [6, 6.07) is 5.23. The maximum atomic E-state index is 12.9. The van der Waals surface area contributed by atoms with Gasteiger partial charge >= 0.3 is 0 Å². The highest BCUT2D eigenvalue weighted by atomic mass is 32.2. The number of ether oxygens (including phenoxy) is 1. The van der Waals surface area contributed by atoms with Gasteiger partial charge in [-0.1, -0.05) is 13.0 Å². The number of sulfonamides is 1. The highest BCUT2D eigenvalue weighted by molar-refractivity contribution is 7.89. The van der Waals surface area contributed by atoms with Crippen molar-refractivity contribution >= 4 is 15.9 Å². The highest BCUT2D eigenvalue weighted by Gasteiger charge is 2.31. The van der Waals surface area contributed by atoms with Crippen molar-refractivity contribution in [3.63, 3.8) is 0 Å². The minimum atomic E-state index is -3.62. The summed E-state index contributed by atoms with van der Waals surface area (Å²) in [4.78, 5) is 13.2. The standard InChI is InChI=1S/C15H22N2O4S/c1-4-13-5-6-14(21-3)15(11-13)22(19,20)17-9-7-16(8-10-17)12(2)18/h5-6,11H,4,7-10H2,1-3H3. The summed E-state index contributed by atoms with van der Waals surface area (Å²) in [6.45, 7) is 4.93. The van der Waals surface area contributed by atoms with Crippen molar-refractivity contribution < 1.29 is 17.9 Å². The van der Waals surface area contributed by atoms with Gasteiger partial charge in [-0.15, -0.1) is 0 Å². The lowest BCUT2D eigenvalue weighted by molar-refractivity contribution is -0.129. The average Bonchev–Trinajstić information content (AvgIpc) is 2.54. The molecule has 0 unspecified atom stereocenters. The fourth-order valence-electron chi connectivity index (χ4n) is 2.53. The molecule has 6 nitrogen and oxygen atoms in total. The monoisotopic (exact) mass is 326 g/mol. The Labute approximate surface area is 131 Å². The van der Waals surface area contributed by atoms with E-state index >= 15 is 0 Å². The molecule has 0 radical (unpaired) electrons. The molecule has 1 aliphatic rings. The van der Waals surface area contributed by atoms with Crippen LogP contribution >= 0.6 is 0 Å². The first-order valence-electron chi connectivity index (χ1n) is 7.32. The number of nitrogens with zero attached hydrogens (tertiary/aromatic N) is 2. The van der Waals surface area contributed by atoms with Crippen LogP contribution in [-0.4, -0.2) is 56.8 Å². The van der Waals surface area contributed by atoms with Crippen LogP contribution in [0.3, 0.4) is 0 Å². The molecule has 0 N–H and O–H groups in total. The van der Waals surface area contributed by atoms with Crippen molar-refractivity contribution in [3.05, 3.63) is 23.8 Å². The van der Waals surface area contributed by atoms with E-state index in [1.807, 2.05) is 13.0 Å². The zero-order chi connectivity index (χ0) is 16.3. The first-order valence-corrected chi connectivity index (χ1v) is 8.76. The number of aryl methyl sites for hydroxylation is 1. The molecule has 0 saturated carbocycles. The van der Waals surface area contributed by atoms with Gasteiger partial charge in [0.15, 0.2) is 0 Å². The van der Waals surface area contributed by atoms with E-state index in [4.69, 9.17) is 4.74 Å². The van der Waals surface area contributed by atoms with E-state index in [9.17, 15) is 13.2 Å². The highest BCUT2D eigenvalue weighted by Crippen LogP contribution is 2.28. The molecule has 1 amide bonds. The Morgan fingerprint density at radius 3 is 2.36 bits per heavy atom. The molecule has 0 spiro atoms. The summed E-state index contributed by atoms with van der Waals surface area (Å²) in [7, 11) is -2.15. The summed E-state index contributed by atoms with van der Waals surface area (Å²) < 4.78 is 32.3. The number of methoxy groups -OCH3 is 1. The first-order chi connectivity index (χ1) is 10.4. The SMILES string of the molecule is CCc1ccc(OC)c(S(=O)(=O)N2CCN(C(C)=O)CC2)c1. The van der Waals surface area contributed by atoms with Gasteiger partial charge in [-0.3, -0.25) is 4.79 Å². The second-order valence-corrected chi connectivity index (χ2v) is 7.16. The molecule has 0 atom stereocenters. The molecule has 1 saturated heterocycles. The Morgan fingerprint density at radius 1 is 1.23 bits per heavy atom. The van der Waals surface area contributed by atoms with Crippen LogP contribution in [0, 0.1) is 0 Å². The molecule has 0 aliphatic carbocycles. The number of benzene rings is 1. The van der Waals surface area contributed by atoms with Gasteiger partial charge in [-0.2, -0.15) is 4.31 Å². The fraction of sp³-hybridized carbons (Fsp3) is 0.533. The van der Waals surface area contributed by atoms with E-state index < -0.39 is 10.0 Å². The van der Waals surface area contributed by atoms with Crippen LogP contribution in [0.4, 0.5) is 0 Å². The molecule has 1 heterocycles. The van der Waals surface area contributed by atoms with Gasteiger partial charge in [0, 0.05) is 33.1 Å². The van der Waals surface area contributed by atoms with Crippen LogP contribution in [0.1, 0.15) is 19.4 Å². The molecule has 1 aromatic carbocycles.